The Morgan fingerprint density at radius 2 is 1.48 bits per heavy atom. The molecule has 5 rings (SSSR count). The van der Waals surface area contributed by atoms with Crippen molar-refractivity contribution in [2.75, 3.05) is 0 Å². The fourth-order valence-electron chi connectivity index (χ4n) is 3.73. The van der Waals surface area contributed by atoms with Crippen molar-refractivity contribution in [3.63, 3.8) is 0 Å². The minimum atomic E-state index is -0.606. The van der Waals surface area contributed by atoms with Crippen molar-refractivity contribution in [3.05, 3.63) is 75.2 Å². The van der Waals surface area contributed by atoms with E-state index in [2.05, 4.69) is 6.26 Å². The highest BCUT2D eigenvalue weighted by Gasteiger charge is 2.21. The molecule has 3 aromatic carbocycles. The van der Waals surface area contributed by atoms with E-state index in [0.717, 1.165) is 24.3 Å². The summed E-state index contributed by atoms with van der Waals surface area (Å²) < 4.78 is 11.0. The van der Waals surface area contributed by atoms with Crippen LogP contribution < -0.4 is 10.9 Å². The fourth-order valence-corrected chi connectivity index (χ4v) is 3.73. The van der Waals surface area contributed by atoms with Crippen LogP contribution in [0.15, 0.2) is 67.0 Å². The van der Waals surface area contributed by atoms with E-state index >= 15 is 0 Å². The van der Waals surface area contributed by atoms with Gasteiger partial charge >= 0.3 is 0 Å². The minimum absolute atomic E-state index is 0.0132. The molecule has 33 heavy (non-hydrogen) atoms. The Morgan fingerprint density at radius 1 is 0.727 bits per heavy atom. The number of hydrogen-bond acceptors (Lipinski definition) is 9. The summed E-state index contributed by atoms with van der Waals surface area (Å²) in [7, 11) is 0. The zero-order chi connectivity index (χ0) is 23.4. The van der Waals surface area contributed by atoms with Gasteiger partial charge in [0.25, 0.3) is 0 Å². The van der Waals surface area contributed by atoms with E-state index in [9.17, 15) is 35.1 Å². The molecule has 163 valence electrons. The molecule has 0 unspecified atom stereocenters. The topological polar surface area (TPSA) is 162 Å². The molecule has 0 aliphatic carbocycles. The molecule has 0 fully saturated rings. The number of aromatic hydroxyl groups is 5. The van der Waals surface area contributed by atoms with Crippen LogP contribution in [0.1, 0.15) is 0 Å². The first kappa shape index (κ1) is 20.0. The van der Waals surface area contributed by atoms with Crippen molar-refractivity contribution >= 4 is 21.9 Å². The SMILES string of the molecule is O=c1cc(-c2ccc(O)c(-c3c(O)cc(O)c4c(=O)c[c]oc34)c2)oc2cc(O)cc(O)c12. The molecule has 2 heterocycles. The van der Waals surface area contributed by atoms with E-state index in [1.807, 2.05) is 0 Å². The molecule has 0 saturated carbocycles. The van der Waals surface area contributed by atoms with Crippen molar-refractivity contribution in [1.82, 2.24) is 0 Å². The van der Waals surface area contributed by atoms with Gasteiger partial charge in [-0.3, -0.25) is 9.59 Å². The zero-order valence-electron chi connectivity index (χ0n) is 16.5. The number of benzene rings is 3. The highest BCUT2D eigenvalue weighted by atomic mass is 16.3. The first-order chi connectivity index (χ1) is 15.7. The van der Waals surface area contributed by atoms with Gasteiger partial charge in [0, 0.05) is 41.5 Å². The second kappa shape index (κ2) is 7.06. The predicted octanol–water partition coefficient (Wildman–Crippen LogP) is 3.56. The van der Waals surface area contributed by atoms with E-state index in [1.165, 1.54) is 24.3 Å². The molecule has 0 spiro atoms. The van der Waals surface area contributed by atoms with Crippen LogP contribution in [0, 0.1) is 6.26 Å². The molecule has 9 heteroatoms. The van der Waals surface area contributed by atoms with Crippen LogP contribution in [0.2, 0.25) is 0 Å². The van der Waals surface area contributed by atoms with Crippen LogP contribution in [0.4, 0.5) is 0 Å². The second-order valence-electron chi connectivity index (χ2n) is 7.27. The molecular formula is C24H13O9. The lowest BCUT2D eigenvalue weighted by atomic mass is 9.97. The first-order valence-electron chi connectivity index (χ1n) is 9.47. The monoisotopic (exact) mass is 445 g/mol. The van der Waals surface area contributed by atoms with Crippen LogP contribution >= 0.6 is 0 Å². The molecule has 0 aliphatic heterocycles. The van der Waals surface area contributed by atoms with Crippen molar-refractivity contribution in [1.29, 1.82) is 0 Å². The van der Waals surface area contributed by atoms with Gasteiger partial charge in [-0.05, 0) is 18.2 Å². The van der Waals surface area contributed by atoms with Crippen LogP contribution in [0.3, 0.4) is 0 Å². The summed E-state index contributed by atoms with van der Waals surface area (Å²) in [6.07, 6.45) is 2.27. The quantitative estimate of drug-likeness (QED) is 0.273. The minimum Gasteiger partial charge on any atom is -0.508 e. The Hall–Kier alpha value is -4.92. The standard InChI is InChI=1S/C24H13O9/c25-11-6-15(28)22-18(31)9-19(33-20(22)7-11)10-1-2-13(26)12(5-10)21-16(29)8-17(30)23-14(27)3-4-32-24(21)23/h1-3,5-9,25-26,28-30H. The Labute approximate surface area is 183 Å². The fraction of sp³-hybridized carbons (Fsp3) is 0. The maximum atomic E-state index is 12.6. The van der Waals surface area contributed by atoms with Crippen LogP contribution in [0.25, 0.3) is 44.4 Å². The summed E-state index contributed by atoms with van der Waals surface area (Å²) in [5.74, 6) is -2.00. The van der Waals surface area contributed by atoms with Gasteiger partial charge in [-0.2, -0.15) is 0 Å². The number of phenolic OH excluding ortho intramolecular Hbond substituents is 5. The normalized spacial score (nSPS) is 11.3. The molecule has 5 aromatic rings. The van der Waals surface area contributed by atoms with E-state index in [0.29, 0.717) is 0 Å². The zero-order valence-corrected chi connectivity index (χ0v) is 16.5. The lowest BCUT2D eigenvalue weighted by Crippen LogP contribution is -2.01. The third kappa shape index (κ3) is 3.10. The maximum absolute atomic E-state index is 12.6. The smallest absolute Gasteiger partial charge is 0.197 e. The van der Waals surface area contributed by atoms with Gasteiger partial charge in [0.15, 0.2) is 22.7 Å². The number of rotatable bonds is 2. The first-order valence-corrected chi connectivity index (χ1v) is 9.47. The number of fused-ring (bicyclic) bond motifs is 2. The molecule has 0 bridgehead atoms. The summed E-state index contributed by atoms with van der Waals surface area (Å²) in [6.45, 7) is 0. The largest absolute Gasteiger partial charge is 0.508 e. The Balaban J connectivity index is 1.79. The van der Waals surface area contributed by atoms with E-state index in [-0.39, 0.29) is 55.9 Å². The molecule has 2 aromatic heterocycles. The van der Waals surface area contributed by atoms with Gasteiger partial charge < -0.3 is 34.4 Å². The van der Waals surface area contributed by atoms with E-state index in [4.69, 9.17) is 8.83 Å². The second-order valence-corrected chi connectivity index (χ2v) is 7.27. The van der Waals surface area contributed by atoms with E-state index in [1.54, 1.807) is 0 Å². The molecule has 0 amide bonds. The van der Waals surface area contributed by atoms with Crippen molar-refractivity contribution in [2.45, 2.75) is 0 Å². The Bertz CT molecular complexity index is 1710. The van der Waals surface area contributed by atoms with Crippen LogP contribution in [-0.4, -0.2) is 25.5 Å². The average Bonchev–Trinajstić information content (AvgIpc) is 2.73. The van der Waals surface area contributed by atoms with Gasteiger partial charge in [0.1, 0.15) is 50.9 Å². The van der Waals surface area contributed by atoms with Crippen LogP contribution in [-0.2, 0) is 0 Å². The molecule has 9 nitrogen and oxygen atoms in total. The Morgan fingerprint density at radius 3 is 2.27 bits per heavy atom. The van der Waals surface area contributed by atoms with Crippen molar-refractivity contribution in [2.24, 2.45) is 0 Å². The van der Waals surface area contributed by atoms with Gasteiger partial charge in [-0.1, -0.05) is 0 Å². The maximum Gasteiger partial charge on any atom is 0.197 e. The average molecular weight is 445 g/mol. The van der Waals surface area contributed by atoms with Crippen molar-refractivity contribution in [3.8, 4) is 51.2 Å². The van der Waals surface area contributed by atoms with Gasteiger partial charge in [-0.15, -0.1) is 0 Å². The van der Waals surface area contributed by atoms with Gasteiger partial charge in [0.2, 0.25) is 0 Å². The summed E-state index contributed by atoms with van der Waals surface area (Å²) >= 11 is 0. The molecule has 0 saturated heterocycles. The molecule has 1 radical (unpaired) electrons. The summed E-state index contributed by atoms with van der Waals surface area (Å²) in [5.41, 5.74) is -1.24. The summed E-state index contributed by atoms with van der Waals surface area (Å²) in [4.78, 5) is 24.8. The number of hydrogen-bond donors (Lipinski definition) is 5. The van der Waals surface area contributed by atoms with Crippen LogP contribution in [0.5, 0.6) is 28.7 Å². The van der Waals surface area contributed by atoms with E-state index < -0.39 is 28.1 Å². The molecule has 0 aliphatic rings. The third-order valence-corrected chi connectivity index (χ3v) is 5.18. The third-order valence-electron chi connectivity index (χ3n) is 5.18. The molecular weight excluding hydrogens is 432 g/mol. The highest BCUT2D eigenvalue weighted by Crippen LogP contribution is 2.44. The Kier molecular flexibility index (Phi) is 4.28. The van der Waals surface area contributed by atoms with Gasteiger partial charge in [0.05, 0.1) is 5.56 Å². The molecule has 0 atom stereocenters. The summed E-state index contributed by atoms with van der Waals surface area (Å²) in [5, 5.41) is 50.4. The predicted molar refractivity (Wildman–Crippen MR) is 117 cm³/mol. The molecule has 5 N–H and O–H groups in total. The highest BCUT2D eigenvalue weighted by molar-refractivity contribution is 6.00. The number of phenols is 5. The lowest BCUT2D eigenvalue weighted by molar-refractivity contribution is 0.450. The summed E-state index contributed by atoms with van der Waals surface area (Å²) in [6, 6.07) is 9.33. The van der Waals surface area contributed by atoms with Crippen molar-refractivity contribution < 1.29 is 34.4 Å². The lowest BCUT2D eigenvalue weighted by Gasteiger charge is -2.12. The van der Waals surface area contributed by atoms with Gasteiger partial charge in [-0.25, -0.2) is 0 Å².